The van der Waals surface area contributed by atoms with Crippen molar-refractivity contribution in [2.45, 2.75) is 18.9 Å². The zero-order valence-electron chi connectivity index (χ0n) is 11.5. The molecule has 1 saturated heterocycles. The summed E-state index contributed by atoms with van der Waals surface area (Å²) in [7, 11) is 3.13. The quantitative estimate of drug-likeness (QED) is 0.669. The van der Waals surface area contributed by atoms with Gasteiger partial charge in [0, 0.05) is 26.1 Å². The van der Waals surface area contributed by atoms with Crippen LogP contribution in [-0.4, -0.2) is 42.5 Å². The molecular formula is C13H17N3O4. The molecule has 0 saturated carbocycles. The predicted molar refractivity (Wildman–Crippen MR) is 73.9 cm³/mol. The number of hydrogen-bond donors (Lipinski definition) is 1. The lowest BCUT2D eigenvalue weighted by Crippen LogP contribution is -2.43. The van der Waals surface area contributed by atoms with Gasteiger partial charge in [0.1, 0.15) is 5.69 Å². The van der Waals surface area contributed by atoms with Crippen LogP contribution < -0.4 is 10.1 Å². The van der Waals surface area contributed by atoms with Crippen LogP contribution >= 0.6 is 0 Å². The molecule has 0 aromatic heterocycles. The zero-order chi connectivity index (χ0) is 14.7. The van der Waals surface area contributed by atoms with Crippen molar-refractivity contribution in [2.75, 3.05) is 26.0 Å². The molecule has 1 atom stereocenters. The molecular weight excluding hydrogens is 262 g/mol. The van der Waals surface area contributed by atoms with Crippen molar-refractivity contribution in [1.82, 2.24) is 4.90 Å². The Morgan fingerprint density at radius 3 is 2.85 bits per heavy atom. The Labute approximate surface area is 116 Å². The van der Waals surface area contributed by atoms with Gasteiger partial charge in [-0.3, -0.25) is 14.9 Å². The number of nitro benzene ring substituents is 1. The Kier molecular flexibility index (Phi) is 4.07. The third-order valence-electron chi connectivity index (χ3n) is 3.39. The van der Waals surface area contributed by atoms with Crippen LogP contribution in [0, 0.1) is 10.1 Å². The highest BCUT2D eigenvalue weighted by Crippen LogP contribution is 2.35. The summed E-state index contributed by atoms with van der Waals surface area (Å²) < 4.78 is 5.03. The van der Waals surface area contributed by atoms with Gasteiger partial charge < -0.3 is 15.0 Å². The third kappa shape index (κ3) is 2.81. The first-order chi connectivity index (χ1) is 9.52. The van der Waals surface area contributed by atoms with Crippen molar-refractivity contribution in [1.29, 1.82) is 0 Å². The average molecular weight is 279 g/mol. The second-order valence-corrected chi connectivity index (χ2v) is 4.77. The monoisotopic (exact) mass is 279 g/mol. The van der Waals surface area contributed by atoms with Crippen molar-refractivity contribution < 1.29 is 14.5 Å². The van der Waals surface area contributed by atoms with Gasteiger partial charge in [-0.05, 0) is 18.6 Å². The van der Waals surface area contributed by atoms with E-state index >= 15 is 0 Å². The molecule has 108 valence electrons. The van der Waals surface area contributed by atoms with Gasteiger partial charge >= 0.3 is 5.69 Å². The van der Waals surface area contributed by atoms with Gasteiger partial charge in [-0.2, -0.15) is 0 Å². The minimum Gasteiger partial charge on any atom is -0.490 e. The molecule has 7 heteroatoms. The van der Waals surface area contributed by atoms with Gasteiger partial charge in [-0.1, -0.05) is 6.07 Å². The Morgan fingerprint density at radius 2 is 2.25 bits per heavy atom. The van der Waals surface area contributed by atoms with Gasteiger partial charge in [0.15, 0.2) is 5.75 Å². The van der Waals surface area contributed by atoms with Crippen molar-refractivity contribution in [2.24, 2.45) is 0 Å². The highest BCUT2D eigenvalue weighted by atomic mass is 16.6. The van der Waals surface area contributed by atoms with E-state index in [1.807, 2.05) is 0 Å². The largest absolute Gasteiger partial charge is 0.490 e. The van der Waals surface area contributed by atoms with Crippen LogP contribution in [0.1, 0.15) is 12.8 Å². The normalized spacial score (nSPS) is 18.8. The number of likely N-dealkylation sites (tertiary alicyclic amines) is 1. The first-order valence-electron chi connectivity index (χ1n) is 6.35. The molecule has 20 heavy (non-hydrogen) atoms. The summed E-state index contributed by atoms with van der Waals surface area (Å²) in [6, 6.07) is 4.91. The van der Waals surface area contributed by atoms with E-state index in [-0.39, 0.29) is 23.4 Å². The number of para-hydroxylation sites is 1. The maximum atomic E-state index is 11.4. The lowest BCUT2D eigenvalue weighted by Gasteiger charge is -2.30. The Bertz CT molecular complexity index is 532. The van der Waals surface area contributed by atoms with Crippen LogP contribution in [0.2, 0.25) is 0 Å². The molecule has 1 aromatic rings. The molecule has 7 nitrogen and oxygen atoms in total. The van der Waals surface area contributed by atoms with Crippen LogP contribution in [0.4, 0.5) is 11.4 Å². The SMILES string of the molecule is COc1cccc(NC2CCC(=O)N(C)C2)c1[N+](=O)[O-]. The minimum absolute atomic E-state index is 0.00325. The first-order valence-corrected chi connectivity index (χ1v) is 6.35. The maximum Gasteiger partial charge on any atom is 0.333 e. The van der Waals surface area contributed by atoms with Crippen LogP contribution in [0.25, 0.3) is 0 Å². The Balaban J connectivity index is 2.21. The third-order valence-corrected chi connectivity index (χ3v) is 3.39. The number of ether oxygens (including phenoxy) is 1. The molecule has 1 aliphatic heterocycles. The molecule has 0 aliphatic carbocycles. The number of nitrogens with zero attached hydrogens (tertiary/aromatic N) is 2. The van der Waals surface area contributed by atoms with Crippen molar-refractivity contribution in [3.05, 3.63) is 28.3 Å². The van der Waals surface area contributed by atoms with E-state index in [1.54, 1.807) is 30.1 Å². The summed E-state index contributed by atoms with van der Waals surface area (Å²) in [4.78, 5) is 23.8. The number of nitrogens with one attached hydrogen (secondary N) is 1. The minimum atomic E-state index is -0.459. The Morgan fingerprint density at radius 1 is 1.50 bits per heavy atom. The molecule has 2 rings (SSSR count). The topological polar surface area (TPSA) is 84.7 Å². The number of rotatable bonds is 4. The number of amides is 1. The second kappa shape index (κ2) is 5.77. The van der Waals surface area contributed by atoms with Gasteiger partial charge in [-0.25, -0.2) is 0 Å². The van der Waals surface area contributed by atoms with Gasteiger partial charge in [0.05, 0.1) is 12.0 Å². The number of carbonyl (C=O) groups excluding carboxylic acids is 1. The van der Waals surface area contributed by atoms with E-state index in [1.165, 1.54) is 7.11 Å². The molecule has 1 N–H and O–H groups in total. The van der Waals surface area contributed by atoms with Crippen molar-refractivity contribution in [3.8, 4) is 5.75 Å². The number of likely N-dealkylation sites (N-methyl/N-ethyl adjacent to an activating group) is 1. The van der Waals surface area contributed by atoms with E-state index in [9.17, 15) is 14.9 Å². The van der Waals surface area contributed by atoms with E-state index in [4.69, 9.17) is 4.74 Å². The number of methoxy groups -OCH3 is 1. The number of benzene rings is 1. The number of piperidine rings is 1. The molecule has 1 fully saturated rings. The first kappa shape index (κ1) is 14.1. The number of hydrogen-bond acceptors (Lipinski definition) is 5. The van der Waals surface area contributed by atoms with E-state index in [0.29, 0.717) is 25.1 Å². The molecule has 0 radical (unpaired) electrons. The number of nitro groups is 1. The summed E-state index contributed by atoms with van der Waals surface area (Å²) >= 11 is 0. The van der Waals surface area contributed by atoms with Crippen LogP contribution in [0.15, 0.2) is 18.2 Å². The summed E-state index contributed by atoms with van der Waals surface area (Å²) in [5.41, 5.74) is 0.344. The summed E-state index contributed by atoms with van der Waals surface area (Å²) in [6.45, 7) is 0.535. The van der Waals surface area contributed by atoms with Gasteiger partial charge in [0.25, 0.3) is 0 Å². The molecule has 1 aromatic carbocycles. The lowest BCUT2D eigenvalue weighted by atomic mass is 10.0. The van der Waals surface area contributed by atoms with E-state index in [2.05, 4.69) is 5.32 Å². The highest BCUT2D eigenvalue weighted by molar-refractivity contribution is 5.77. The maximum absolute atomic E-state index is 11.4. The van der Waals surface area contributed by atoms with Gasteiger partial charge in [-0.15, -0.1) is 0 Å². The van der Waals surface area contributed by atoms with Crippen LogP contribution in [-0.2, 0) is 4.79 Å². The zero-order valence-corrected chi connectivity index (χ0v) is 11.5. The molecule has 1 heterocycles. The number of carbonyl (C=O) groups is 1. The fraction of sp³-hybridized carbons (Fsp3) is 0.462. The lowest BCUT2D eigenvalue weighted by molar-refractivity contribution is -0.384. The molecule has 0 spiro atoms. The highest BCUT2D eigenvalue weighted by Gasteiger charge is 2.26. The van der Waals surface area contributed by atoms with Gasteiger partial charge in [0.2, 0.25) is 5.91 Å². The molecule has 1 unspecified atom stereocenters. The standard InChI is InChI=1S/C13H17N3O4/c1-15-8-9(6-7-12(15)17)14-10-4-3-5-11(20-2)13(10)16(18)19/h3-5,9,14H,6-8H2,1-2H3. The van der Waals surface area contributed by atoms with Crippen LogP contribution in [0.5, 0.6) is 5.75 Å². The van der Waals surface area contributed by atoms with E-state index < -0.39 is 4.92 Å². The summed E-state index contributed by atoms with van der Waals surface area (Å²) in [5.74, 6) is 0.323. The smallest absolute Gasteiger partial charge is 0.333 e. The fourth-order valence-electron chi connectivity index (χ4n) is 2.34. The number of anilines is 1. The average Bonchev–Trinajstić information content (AvgIpc) is 2.42. The molecule has 1 amide bonds. The van der Waals surface area contributed by atoms with E-state index in [0.717, 1.165) is 0 Å². The fourth-order valence-corrected chi connectivity index (χ4v) is 2.34. The van der Waals surface area contributed by atoms with Crippen molar-refractivity contribution in [3.63, 3.8) is 0 Å². The summed E-state index contributed by atoms with van der Waals surface area (Å²) in [5, 5.41) is 14.3. The molecule has 1 aliphatic rings. The van der Waals surface area contributed by atoms with Crippen LogP contribution in [0.3, 0.4) is 0 Å². The summed E-state index contributed by atoms with van der Waals surface area (Å²) in [6.07, 6.45) is 1.11. The predicted octanol–water partition coefficient (Wildman–Crippen LogP) is 1.64. The Hall–Kier alpha value is -2.31. The second-order valence-electron chi connectivity index (χ2n) is 4.77. The molecule has 0 bridgehead atoms. The van der Waals surface area contributed by atoms with Crippen molar-refractivity contribution >= 4 is 17.3 Å².